The van der Waals surface area contributed by atoms with Crippen LogP contribution >= 0.6 is 11.6 Å². The second-order valence-corrected chi connectivity index (χ2v) is 8.22. The van der Waals surface area contributed by atoms with Gasteiger partial charge in [-0.3, -0.25) is 4.79 Å². The molecule has 0 saturated heterocycles. The van der Waals surface area contributed by atoms with Crippen LogP contribution in [-0.4, -0.2) is 34.6 Å². The number of nitrogens with one attached hydrogen (secondary N) is 1. The number of nitrogens with zero attached hydrogens (tertiary/aromatic N) is 3. The Balaban J connectivity index is 1.31. The molecule has 0 aliphatic rings. The van der Waals surface area contributed by atoms with Gasteiger partial charge in [0.2, 0.25) is 0 Å². The van der Waals surface area contributed by atoms with E-state index in [9.17, 15) is 4.79 Å². The molecule has 5 aromatic rings. The number of anilines is 1. The van der Waals surface area contributed by atoms with E-state index in [1.807, 2.05) is 61.5 Å². The van der Waals surface area contributed by atoms with E-state index in [0.717, 1.165) is 16.3 Å². The van der Waals surface area contributed by atoms with Crippen molar-refractivity contribution in [1.82, 2.24) is 15.0 Å². The van der Waals surface area contributed by atoms with E-state index in [0.29, 0.717) is 38.9 Å². The van der Waals surface area contributed by atoms with Crippen molar-refractivity contribution in [1.29, 1.82) is 0 Å². The summed E-state index contributed by atoms with van der Waals surface area (Å²) in [5.41, 5.74) is 3.57. The van der Waals surface area contributed by atoms with Crippen molar-refractivity contribution in [3.05, 3.63) is 83.4 Å². The van der Waals surface area contributed by atoms with Gasteiger partial charge < -0.3 is 14.8 Å². The Labute approximate surface area is 200 Å². The molecule has 0 atom stereocenters. The van der Waals surface area contributed by atoms with Gasteiger partial charge in [0.15, 0.2) is 6.61 Å². The topological polar surface area (TPSA) is 78.3 Å². The molecule has 0 unspecified atom stereocenters. The van der Waals surface area contributed by atoms with E-state index >= 15 is 0 Å². The highest BCUT2D eigenvalue weighted by Crippen LogP contribution is 2.27. The monoisotopic (exact) mass is 472 g/mol. The van der Waals surface area contributed by atoms with Gasteiger partial charge in [-0.05, 0) is 65.7 Å². The average molecular weight is 473 g/mol. The molecule has 0 aliphatic carbocycles. The SMILES string of the molecule is COc1ccc(-n2nc3cc(C)c(NC(=O)COc4ccc5ccccc5c4)cc3n2)cc1Cl. The molecule has 170 valence electrons. The second kappa shape index (κ2) is 9.03. The Morgan fingerprint density at radius 2 is 1.74 bits per heavy atom. The van der Waals surface area contributed by atoms with Crippen LogP contribution in [0.15, 0.2) is 72.8 Å². The Bertz CT molecular complexity index is 1530. The number of hydrogen-bond acceptors (Lipinski definition) is 5. The maximum atomic E-state index is 12.6. The van der Waals surface area contributed by atoms with E-state index in [1.54, 1.807) is 25.3 Å². The van der Waals surface area contributed by atoms with Crippen molar-refractivity contribution in [3.8, 4) is 17.2 Å². The summed E-state index contributed by atoms with van der Waals surface area (Å²) in [5, 5.41) is 14.6. The molecule has 1 N–H and O–H groups in total. The predicted octanol–water partition coefficient (Wildman–Crippen LogP) is 5.56. The first-order valence-electron chi connectivity index (χ1n) is 10.6. The lowest BCUT2D eigenvalue weighted by atomic mass is 10.1. The molecule has 8 heteroatoms. The first kappa shape index (κ1) is 21.7. The van der Waals surface area contributed by atoms with Gasteiger partial charge in [-0.2, -0.15) is 4.80 Å². The molecule has 34 heavy (non-hydrogen) atoms. The van der Waals surface area contributed by atoms with Gasteiger partial charge >= 0.3 is 0 Å². The van der Waals surface area contributed by atoms with Crippen LogP contribution in [-0.2, 0) is 4.79 Å². The largest absolute Gasteiger partial charge is 0.495 e. The molecular weight excluding hydrogens is 452 g/mol. The lowest BCUT2D eigenvalue weighted by Gasteiger charge is -2.10. The van der Waals surface area contributed by atoms with Gasteiger partial charge in [-0.15, -0.1) is 10.2 Å². The van der Waals surface area contributed by atoms with Gasteiger partial charge in [0, 0.05) is 5.69 Å². The highest BCUT2D eigenvalue weighted by molar-refractivity contribution is 6.32. The molecule has 0 bridgehead atoms. The molecule has 1 aromatic heterocycles. The fourth-order valence-electron chi connectivity index (χ4n) is 3.69. The summed E-state index contributed by atoms with van der Waals surface area (Å²) in [4.78, 5) is 14.1. The van der Waals surface area contributed by atoms with Gasteiger partial charge in [-0.1, -0.05) is 41.9 Å². The second-order valence-electron chi connectivity index (χ2n) is 7.81. The van der Waals surface area contributed by atoms with Crippen LogP contribution in [0.1, 0.15) is 5.56 Å². The summed E-state index contributed by atoms with van der Waals surface area (Å²) in [5.74, 6) is 0.959. The fourth-order valence-corrected chi connectivity index (χ4v) is 3.94. The third-order valence-corrected chi connectivity index (χ3v) is 5.75. The first-order valence-corrected chi connectivity index (χ1v) is 11.0. The first-order chi connectivity index (χ1) is 16.5. The van der Waals surface area contributed by atoms with E-state index in [1.165, 1.54) is 4.80 Å². The zero-order valence-corrected chi connectivity index (χ0v) is 19.3. The Hall–Kier alpha value is -4.10. The molecule has 1 amide bonds. The van der Waals surface area contributed by atoms with Gasteiger partial charge in [-0.25, -0.2) is 0 Å². The lowest BCUT2D eigenvalue weighted by Crippen LogP contribution is -2.20. The van der Waals surface area contributed by atoms with Crippen molar-refractivity contribution >= 4 is 45.0 Å². The number of amides is 1. The van der Waals surface area contributed by atoms with E-state index in [2.05, 4.69) is 15.5 Å². The molecule has 0 radical (unpaired) electrons. The lowest BCUT2D eigenvalue weighted by molar-refractivity contribution is -0.118. The van der Waals surface area contributed by atoms with Gasteiger partial charge in [0.25, 0.3) is 5.91 Å². The standard InChI is InChI=1S/C26H21ClN4O3/c1-16-11-23-24(30-31(29-23)19-8-10-25(33-2)21(27)13-19)14-22(16)28-26(32)15-34-20-9-7-17-5-3-4-6-18(17)12-20/h3-14H,15H2,1-2H3,(H,28,32). The van der Waals surface area contributed by atoms with Crippen LogP contribution < -0.4 is 14.8 Å². The molecule has 7 nitrogen and oxygen atoms in total. The number of aromatic nitrogens is 3. The third kappa shape index (κ3) is 4.38. The highest BCUT2D eigenvalue weighted by atomic mass is 35.5. The Morgan fingerprint density at radius 1 is 0.971 bits per heavy atom. The Morgan fingerprint density at radius 3 is 2.50 bits per heavy atom. The van der Waals surface area contributed by atoms with Crippen LogP contribution in [0.5, 0.6) is 11.5 Å². The van der Waals surface area contributed by atoms with Crippen LogP contribution in [0.2, 0.25) is 5.02 Å². The highest BCUT2D eigenvalue weighted by Gasteiger charge is 2.12. The van der Waals surface area contributed by atoms with Crippen molar-refractivity contribution in [2.75, 3.05) is 19.0 Å². The number of benzene rings is 4. The van der Waals surface area contributed by atoms with E-state index < -0.39 is 0 Å². The number of methoxy groups -OCH3 is 1. The van der Waals surface area contributed by atoms with Crippen LogP contribution in [0.4, 0.5) is 5.69 Å². The summed E-state index contributed by atoms with van der Waals surface area (Å²) < 4.78 is 10.9. The zero-order chi connectivity index (χ0) is 23.7. The smallest absolute Gasteiger partial charge is 0.262 e. The number of ether oxygens (including phenoxy) is 2. The minimum absolute atomic E-state index is 0.104. The molecule has 0 fully saturated rings. The van der Waals surface area contributed by atoms with Crippen molar-refractivity contribution in [2.24, 2.45) is 0 Å². The fraction of sp³-hybridized carbons (Fsp3) is 0.115. The summed E-state index contributed by atoms with van der Waals surface area (Å²) in [6.07, 6.45) is 0. The molecule has 4 aromatic carbocycles. The molecule has 0 saturated carbocycles. The van der Waals surface area contributed by atoms with E-state index in [4.69, 9.17) is 21.1 Å². The minimum atomic E-state index is -0.259. The number of hydrogen-bond donors (Lipinski definition) is 1. The number of halogens is 1. The average Bonchev–Trinajstić information content (AvgIpc) is 3.25. The van der Waals surface area contributed by atoms with Crippen molar-refractivity contribution in [3.63, 3.8) is 0 Å². The van der Waals surface area contributed by atoms with Crippen molar-refractivity contribution in [2.45, 2.75) is 6.92 Å². The zero-order valence-electron chi connectivity index (χ0n) is 18.6. The van der Waals surface area contributed by atoms with Gasteiger partial charge in [0.05, 0.1) is 17.8 Å². The summed E-state index contributed by atoms with van der Waals surface area (Å²) in [7, 11) is 1.56. The van der Waals surface area contributed by atoms with Crippen molar-refractivity contribution < 1.29 is 14.3 Å². The normalized spacial score (nSPS) is 11.0. The summed E-state index contributed by atoms with van der Waals surface area (Å²) >= 11 is 6.24. The number of aryl methyl sites for hydroxylation is 1. The van der Waals surface area contributed by atoms with Crippen LogP contribution in [0.25, 0.3) is 27.5 Å². The molecule has 5 rings (SSSR count). The molecular formula is C26H21ClN4O3. The summed E-state index contributed by atoms with van der Waals surface area (Å²) in [6.45, 7) is 1.80. The predicted molar refractivity (Wildman–Crippen MR) is 133 cm³/mol. The number of carbonyl (C=O) groups excluding carboxylic acids is 1. The van der Waals surface area contributed by atoms with Gasteiger partial charge in [0.1, 0.15) is 22.5 Å². The number of carbonyl (C=O) groups is 1. The summed E-state index contributed by atoms with van der Waals surface area (Å²) in [6, 6.07) is 22.7. The molecule has 0 aliphatic heterocycles. The Kier molecular flexibility index (Phi) is 5.77. The van der Waals surface area contributed by atoms with E-state index in [-0.39, 0.29) is 12.5 Å². The van der Waals surface area contributed by atoms with Crippen LogP contribution in [0.3, 0.4) is 0 Å². The molecule has 1 heterocycles. The quantitative estimate of drug-likeness (QED) is 0.350. The number of fused-ring (bicyclic) bond motifs is 2. The maximum Gasteiger partial charge on any atom is 0.262 e. The molecule has 0 spiro atoms. The third-order valence-electron chi connectivity index (χ3n) is 5.46. The number of rotatable bonds is 6. The minimum Gasteiger partial charge on any atom is -0.495 e. The maximum absolute atomic E-state index is 12.6. The van der Waals surface area contributed by atoms with Crippen LogP contribution in [0, 0.1) is 6.92 Å².